The lowest BCUT2D eigenvalue weighted by molar-refractivity contribution is 0.0642. The van der Waals surface area contributed by atoms with Crippen LogP contribution in [0.3, 0.4) is 0 Å². The van der Waals surface area contributed by atoms with Crippen LogP contribution in [-0.4, -0.2) is 41.5 Å². The van der Waals surface area contributed by atoms with Crippen LogP contribution >= 0.6 is 0 Å². The van der Waals surface area contributed by atoms with E-state index in [0.29, 0.717) is 16.0 Å². The number of amides is 2. The molecule has 2 amide bonds. The lowest BCUT2D eigenvalue weighted by Gasteiger charge is -2.40. The standard InChI is InChI=1S/C27H32N2O4S/c30-26-24-13-7-8-14-25(24)27(31)28(26)19-20-15-17-23(18-16-20)34(32,33)29(21-9-3-1-4-10-21)22-11-5-2-6-12-22/h7-8,13-18,21-22H,1-6,9-12,19H2. The summed E-state index contributed by atoms with van der Waals surface area (Å²) in [4.78, 5) is 26.9. The summed E-state index contributed by atoms with van der Waals surface area (Å²) in [5.74, 6) is -0.615. The van der Waals surface area contributed by atoms with Crippen molar-refractivity contribution in [3.63, 3.8) is 0 Å². The van der Waals surface area contributed by atoms with Crippen LogP contribution in [0.2, 0.25) is 0 Å². The van der Waals surface area contributed by atoms with Gasteiger partial charge >= 0.3 is 0 Å². The van der Waals surface area contributed by atoms with Gasteiger partial charge in [-0.05, 0) is 55.5 Å². The highest BCUT2D eigenvalue weighted by atomic mass is 32.2. The van der Waals surface area contributed by atoms with Gasteiger partial charge in [-0.25, -0.2) is 8.42 Å². The Bertz CT molecular complexity index is 1110. The molecule has 180 valence electrons. The molecule has 7 heteroatoms. The summed E-state index contributed by atoms with van der Waals surface area (Å²) in [6.45, 7) is 0.127. The largest absolute Gasteiger partial charge is 0.270 e. The molecule has 2 saturated carbocycles. The predicted octanol–water partition coefficient (Wildman–Crippen LogP) is 5.14. The lowest BCUT2D eigenvalue weighted by Crippen LogP contribution is -2.48. The van der Waals surface area contributed by atoms with Gasteiger partial charge in [0.1, 0.15) is 0 Å². The zero-order chi connectivity index (χ0) is 23.7. The number of rotatable bonds is 6. The Morgan fingerprint density at radius 3 is 1.65 bits per heavy atom. The molecule has 0 atom stereocenters. The fraction of sp³-hybridized carbons (Fsp3) is 0.481. The van der Waals surface area contributed by atoms with Gasteiger partial charge in [-0.15, -0.1) is 0 Å². The van der Waals surface area contributed by atoms with Crippen molar-refractivity contribution >= 4 is 21.8 Å². The molecule has 6 nitrogen and oxygen atoms in total. The molecule has 0 aromatic heterocycles. The van der Waals surface area contributed by atoms with Gasteiger partial charge in [0.25, 0.3) is 11.8 Å². The van der Waals surface area contributed by atoms with Crippen molar-refractivity contribution in [3.8, 4) is 0 Å². The highest BCUT2D eigenvalue weighted by molar-refractivity contribution is 7.89. The lowest BCUT2D eigenvalue weighted by atomic mass is 9.91. The Morgan fingerprint density at radius 2 is 1.18 bits per heavy atom. The molecule has 3 aliphatic rings. The fourth-order valence-electron chi connectivity index (χ4n) is 5.82. The number of carbonyl (C=O) groups excluding carboxylic acids is 2. The number of carbonyl (C=O) groups is 2. The molecule has 2 aromatic carbocycles. The molecular formula is C27H32N2O4S. The van der Waals surface area contributed by atoms with Gasteiger partial charge in [-0.2, -0.15) is 4.31 Å². The highest BCUT2D eigenvalue weighted by Gasteiger charge is 2.38. The molecular weight excluding hydrogens is 448 g/mol. The van der Waals surface area contributed by atoms with Crippen molar-refractivity contribution < 1.29 is 18.0 Å². The first kappa shape index (κ1) is 23.2. The normalized spacial score (nSPS) is 20.2. The van der Waals surface area contributed by atoms with Gasteiger partial charge in [0.05, 0.1) is 22.6 Å². The minimum absolute atomic E-state index is 0.0832. The maximum atomic E-state index is 13.8. The maximum absolute atomic E-state index is 13.8. The summed E-state index contributed by atoms with van der Waals surface area (Å²) in [6.07, 6.45) is 10.5. The minimum Gasteiger partial charge on any atom is -0.270 e. The third-order valence-corrected chi connectivity index (χ3v) is 9.61. The molecule has 0 saturated heterocycles. The van der Waals surface area contributed by atoms with Crippen LogP contribution in [0.15, 0.2) is 53.4 Å². The average Bonchev–Trinajstić information content (AvgIpc) is 3.11. The van der Waals surface area contributed by atoms with E-state index in [-0.39, 0.29) is 30.4 Å². The number of hydrogen-bond donors (Lipinski definition) is 0. The molecule has 0 N–H and O–H groups in total. The van der Waals surface area contributed by atoms with Crippen molar-refractivity contribution in [3.05, 3.63) is 65.2 Å². The summed E-state index contributed by atoms with van der Waals surface area (Å²) in [6, 6.07) is 13.7. The monoisotopic (exact) mass is 480 g/mol. The van der Waals surface area contributed by atoms with Crippen LogP contribution in [0.4, 0.5) is 0 Å². The molecule has 0 radical (unpaired) electrons. The summed E-state index contributed by atoms with van der Waals surface area (Å²) < 4.78 is 29.5. The quantitative estimate of drug-likeness (QED) is 0.537. The van der Waals surface area contributed by atoms with Crippen molar-refractivity contribution in [2.45, 2.75) is 87.7 Å². The molecule has 1 heterocycles. The van der Waals surface area contributed by atoms with Crippen LogP contribution in [0, 0.1) is 0 Å². The zero-order valence-electron chi connectivity index (χ0n) is 19.5. The number of benzene rings is 2. The molecule has 0 bridgehead atoms. The number of hydrogen-bond acceptors (Lipinski definition) is 4. The summed E-state index contributed by atoms with van der Waals surface area (Å²) >= 11 is 0. The molecule has 5 rings (SSSR count). The smallest absolute Gasteiger partial charge is 0.261 e. The van der Waals surface area contributed by atoms with Gasteiger partial charge in [0.2, 0.25) is 10.0 Å². The SMILES string of the molecule is O=C1c2ccccc2C(=O)N1Cc1ccc(S(=O)(=O)N(C2CCCCC2)C2CCCCC2)cc1. The Kier molecular flexibility index (Phi) is 6.58. The molecule has 2 fully saturated rings. The Hall–Kier alpha value is -2.51. The van der Waals surface area contributed by atoms with Crippen LogP contribution in [0.5, 0.6) is 0 Å². The fourth-order valence-corrected chi connectivity index (χ4v) is 7.75. The number of imide groups is 1. The molecule has 2 aromatic rings. The summed E-state index contributed by atoms with van der Waals surface area (Å²) in [7, 11) is -3.62. The first-order valence-corrected chi connectivity index (χ1v) is 14.0. The van der Waals surface area contributed by atoms with E-state index in [9.17, 15) is 18.0 Å². The van der Waals surface area contributed by atoms with Crippen LogP contribution in [-0.2, 0) is 16.6 Å². The number of nitrogens with zero attached hydrogens (tertiary/aromatic N) is 2. The zero-order valence-corrected chi connectivity index (χ0v) is 20.3. The first-order chi connectivity index (χ1) is 16.5. The van der Waals surface area contributed by atoms with Gasteiger partial charge in [-0.1, -0.05) is 62.8 Å². The van der Waals surface area contributed by atoms with Crippen LogP contribution in [0.25, 0.3) is 0 Å². The number of sulfonamides is 1. The molecule has 34 heavy (non-hydrogen) atoms. The minimum atomic E-state index is -3.62. The van der Waals surface area contributed by atoms with E-state index >= 15 is 0 Å². The van der Waals surface area contributed by atoms with E-state index in [4.69, 9.17) is 0 Å². The van der Waals surface area contributed by atoms with Gasteiger partial charge in [0, 0.05) is 12.1 Å². The Labute approximate surface area is 202 Å². The summed E-state index contributed by atoms with van der Waals surface area (Å²) in [5, 5.41) is 0. The Balaban J connectivity index is 1.37. The second-order valence-corrected chi connectivity index (χ2v) is 11.6. The first-order valence-electron chi connectivity index (χ1n) is 12.5. The highest BCUT2D eigenvalue weighted by Crippen LogP contribution is 2.35. The van der Waals surface area contributed by atoms with Crippen LogP contribution < -0.4 is 0 Å². The topological polar surface area (TPSA) is 74.8 Å². The predicted molar refractivity (Wildman–Crippen MR) is 130 cm³/mol. The van der Waals surface area contributed by atoms with Gasteiger partial charge in [0.15, 0.2) is 0 Å². The average molecular weight is 481 g/mol. The van der Waals surface area contributed by atoms with Gasteiger partial charge < -0.3 is 0 Å². The second kappa shape index (κ2) is 9.62. The molecule has 1 aliphatic heterocycles. The molecule has 0 spiro atoms. The van der Waals surface area contributed by atoms with Crippen LogP contribution in [0.1, 0.15) is 90.5 Å². The maximum Gasteiger partial charge on any atom is 0.261 e. The van der Waals surface area contributed by atoms with Crippen molar-refractivity contribution in [1.29, 1.82) is 0 Å². The molecule has 0 unspecified atom stereocenters. The van der Waals surface area contributed by atoms with E-state index in [0.717, 1.165) is 56.9 Å². The van der Waals surface area contributed by atoms with E-state index in [1.54, 1.807) is 48.5 Å². The van der Waals surface area contributed by atoms with E-state index in [1.807, 2.05) is 4.31 Å². The van der Waals surface area contributed by atoms with E-state index in [2.05, 4.69) is 0 Å². The Morgan fingerprint density at radius 1 is 0.706 bits per heavy atom. The van der Waals surface area contributed by atoms with E-state index < -0.39 is 10.0 Å². The van der Waals surface area contributed by atoms with Crippen molar-refractivity contribution in [2.24, 2.45) is 0 Å². The third-order valence-electron chi connectivity index (χ3n) is 7.59. The number of fused-ring (bicyclic) bond motifs is 1. The van der Waals surface area contributed by atoms with Gasteiger partial charge in [-0.3, -0.25) is 14.5 Å². The third kappa shape index (κ3) is 4.31. The molecule has 2 aliphatic carbocycles. The van der Waals surface area contributed by atoms with E-state index in [1.165, 1.54) is 17.7 Å². The summed E-state index contributed by atoms with van der Waals surface area (Å²) in [5.41, 5.74) is 1.57. The van der Waals surface area contributed by atoms with Crippen molar-refractivity contribution in [1.82, 2.24) is 9.21 Å². The van der Waals surface area contributed by atoms with Crippen molar-refractivity contribution in [2.75, 3.05) is 0 Å². The second-order valence-electron chi connectivity index (χ2n) is 9.80.